The number of β-lactam (4-membered cyclic amide) rings is 1. The van der Waals surface area contributed by atoms with Crippen molar-refractivity contribution >= 4 is 35.1 Å². The number of carbonyl (C=O) groups is 3. The zero-order valence-electron chi connectivity index (χ0n) is 19.4. The summed E-state index contributed by atoms with van der Waals surface area (Å²) in [5, 5.41) is 8.33. The molecule has 0 spiro atoms. The van der Waals surface area contributed by atoms with E-state index in [2.05, 4.69) is 0 Å². The van der Waals surface area contributed by atoms with Gasteiger partial charge in [0, 0.05) is 11.3 Å². The highest BCUT2D eigenvalue weighted by molar-refractivity contribution is 8.01. The maximum atomic E-state index is 13.5. The van der Waals surface area contributed by atoms with Gasteiger partial charge in [0.05, 0.1) is 11.8 Å². The Morgan fingerprint density at radius 1 is 1.00 bits per heavy atom. The highest BCUT2D eigenvalue weighted by atomic mass is 32.2. The monoisotopic (exact) mass is 505 g/mol. The second-order valence-corrected chi connectivity index (χ2v) is 10.0. The van der Waals surface area contributed by atoms with Gasteiger partial charge in [-0.1, -0.05) is 24.3 Å². The smallest absolute Gasteiger partial charge is 0.341 e. The Bertz CT molecular complexity index is 1310. The molecule has 6 nitrogen and oxygen atoms in total. The van der Waals surface area contributed by atoms with Crippen molar-refractivity contribution in [3.8, 4) is 5.75 Å². The van der Waals surface area contributed by atoms with Gasteiger partial charge in [-0.25, -0.2) is 9.18 Å². The normalized spacial score (nSPS) is 18.5. The molecule has 1 heterocycles. The van der Waals surface area contributed by atoms with Crippen molar-refractivity contribution in [1.29, 1.82) is 0 Å². The van der Waals surface area contributed by atoms with Crippen LogP contribution in [-0.4, -0.2) is 40.4 Å². The van der Waals surface area contributed by atoms with Gasteiger partial charge in [0.2, 0.25) is 5.91 Å². The van der Waals surface area contributed by atoms with Gasteiger partial charge in [0.15, 0.2) is 12.4 Å². The summed E-state index contributed by atoms with van der Waals surface area (Å²) in [6.45, 7) is -0.452. The van der Waals surface area contributed by atoms with Crippen LogP contribution in [-0.2, 0) is 22.4 Å². The Morgan fingerprint density at radius 3 is 2.44 bits per heavy atom. The fraction of sp³-hybridized carbons (Fsp3) is 0.250. The number of carboxylic acids is 1. The summed E-state index contributed by atoms with van der Waals surface area (Å²) in [4.78, 5) is 38.5. The van der Waals surface area contributed by atoms with E-state index < -0.39 is 23.6 Å². The Labute approximate surface area is 212 Å². The van der Waals surface area contributed by atoms with E-state index in [1.165, 1.54) is 35.0 Å². The second-order valence-electron chi connectivity index (χ2n) is 8.87. The first-order valence-electron chi connectivity index (χ1n) is 11.7. The maximum Gasteiger partial charge on any atom is 0.341 e. The number of amides is 1. The number of nitrogens with zero attached hydrogens (tertiary/aromatic N) is 1. The summed E-state index contributed by atoms with van der Waals surface area (Å²) in [5.74, 6) is -1.06. The van der Waals surface area contributed by atoms with Gasteiger partial charge in [-0.05, 0) is 78.4 Å². The van der Waals surface area contributed by atoms with Gasteiger partial charge in [-0.2, -0.15) is 0 Å². The second kappa shape index (κ2) is 10.1. The number of hydrogen-bond acceptors (Lipinski definition) is 5. The van der Waals surface area contributed by atoms with Crippen molar-refractivity contribution in [2.75, 3.05) is 17.3 Å². The number of carboxylic acid groups (broad SMARTS) is 1. The van der Waals surface area contributed by atoms with Crippen LogP contribution < -0.4 is 9.64 Å². The molecule has 2 aliphatic rings. The fourth-order valence-electron chi connectivity index (χ4n) is 4.74. The van der Waals surface area contributed by atoms with E-state index >= 15 is 0 Å². The Morgan fingerprint density at radius 2 is 1.72 bits per heavy atom. The van der Waals surface area contributed by atoms with Crippen molar-refractivity contribution < 1.29 is 28.6 Å². The minimum Gasteiger partial charge on any atom is -0.482 e. The molecular formula is C28H24FNO5S. The number of ketones is 1. The van der Waals surface area contributed by atoms with Gasteiger partial charge in [0.25, 0.3) is 0 Å². The van der Waals surface area contributed by atoms with Crippen LogP contribution in [0.5, 0.6) is 5.75 Å². The molecule has 1 aliphatic heterocycles. The molecule has 1 N–H and O–H groups in total. The molecule has 3 aromatic carbocycles. The van der Waals surface area contributed by atoms with Crippen LogP contribution in [0.25, 0.3) is 0 Å². The largest absolute Gasteiger partial charge is 0.482 e. The maximum absolute atomic E-state index is 13.5. The van der Waals surface area contributed by atoms with E-state index in [0.29, 0.717) is 17.0 Å². The third-order valence-corrected chi connectivity index (χ3v) is 7.80. The quantitative estimate of drug-likeness (QED) is 0.331. The molecular weight excluding hydrogens is 481 g/mol. The minimum absolute atomic E-state index is 0.0149. The first-order valence-corrected chi connectivity index (χ1v) is 12.8. The van der Waals surface area contributed by atoms with Gasteiger partial charge in [-0.3, -0.25) is 9.59 Å². The molecule has 8 heteroatoms. The molecule has 184 valence electrons. The third kappa shape index (κ3) is 4.86. The number of hydrogen-bond donors (Lipinski definition) is 1. The van der Waals surface area contributed by atoms with Crippen LogP contribution >= 0.6 is 11.8 Å². The molecule has 0 aromatic heterocycles. The van der Waals surface area contributed by atoms with Crippen LogP contribution in [0.15, 0.2) is 66.7 Å². The number of halogens is 1. The van der Waals surface area contributed by atoms with Crippen LogP contribution in [0.3, 0.4) is 0 Å². The molecule has 1 fully saturated rings. The van der Waals surface area contributed by atoms with E-state index in [1.807, 2.05) is 18.2 Å². The summed E-state index contributed by atoms with van der Waals surface area (Å²) < 4.78 is 18.7. The van der Waals surface area contributed by atoms with Crippen LogP contribution in [0.1, 0.15) is 39.5 Å². The zero-order valence-corrected chi connectivity index (χ0v) is 20.2. The number of ether oxygens (including phenoxy) is 1. The first kappa shape index (κ1) is 24.1. The lowest BCUT2D eigenvalue weighted by Crippen LogP contribution is -2.57. The number of Topliss-reactive ketones (excluding diaryl/α,β-unsaturated/α-hetero) is 1. The average Bonchev–Trinajstić information content (AvgIpc) is 3.35. The predicted octanol–water partition coefficient (Wildman–Crippen LogP) is 4.85. The Kier molecular flexibility index (Phi) is 6.78. The van der Waals surface area contributed by atoms with E-state index in [0.717, 1.165) is 24.8 Å². The van der Waals surface area contributed by atoms with Crippen molar-refractivity contribution in [3.05, 3.63) is 94.8 Å². The van der Waals surface area contributed by atoms with Crippen LogP contribution in [0.4, 0.5) is 10.1 Å². The summed E-state index contributed by atoms with van der Waals surface area (Å²) in [6.07, 6.45) is 3.15. The summed E-state index contributed by atoms with van der Waals surface area (Å²) in [5.41, 5.74) is 4.58. The van der Waals surface area contributed by atoms with E-state index in [4.69, 9.17) is 9.84 Å². The molecule has 0 radical (unpaired) electrons. The molecule has 0 bridgehead atoms. The Hall–Kier alpha value is -3.65. The molecule has 36 heavy (non-hydrogen) atoms. The summed E-state index contributed by atoms with van der Waals surface area (Å²) in [7, 11) is 0. The number of aliphatic carboxylic acids is 1. The number of rotatable bonds is 9. The molecule has 3 aromatic rings. The average molecular weight is 506 g/mol. The molecule has 1 saturated heterocycles. The molecule has 5 rings (SSSR count). The Balaban J connectivity index is 1.34. The van der Waals surface area contributed by atoms with Crippen LogP contribution in [0, 0.1) is 5.82 Å². The lowest BCUT2D eigenvalue weighted by Gasteiger charge is -2.47. The zero-order chi connectivity index (χ0) is 25.2. The number of thioether (sulfide) groups is 1. The van der Waals surface area contributed by atoms with Crippen molar-refractivity contribution in [3.63, 3.8) is 0 Å². The predicted molar refractivity (Wildman–Crippen MR) is 135 cm³/mol. The highest BCUT2D eigenvalue weighted by Crippen LogP contribution is 2.45. The topological polar surface area (TPSA) is 83.9 Å². The number of aryl methyl sites for hydroxylation is 2. The summed E-state index contributed by atoms with van der Waals surface area (Å²) >= 11 is 1.31. The number of carbonyl (C=O) groups excluding carboxylic acids is 2. The van der Waals surface area contributed by atoms with Gasteiger partial charge in [0.1, 0.15) is 16.8 Å². The minimum atomic E-state index is -1.07. The molecule has 1 aliphatic carbocycles. The third-order valence-electron chi connectivity index (χ3n) is 6.55. The van der Waals surface area contributed by atoms with Gasteiger partial charge >= 0.3 is 5.97 Å². The van der Waals surface area contributed by atoms with Gasteiger partial charge < -0.3 is 14.7 Å². The lowest BCUT2D eigenvalue weighted by atomic mass is 9.92. The van der Waals surface area contributed by atoms with E-state index in [9.17, 15) is 18.8 Å². The SMILES string of the molecule is O=C(O)COc1ccc(C2C(SCC(=O)c3ccc4c(c3)CCC4)C(=O)N2c2ccc(F)cc2)cc1. The molecule has 0 saturated carbocycles. The van der Waals surface area contributed by atoms with E-state index in [-0.39, 0.29) is 23.5 Å². The standard InChI is InChI=1S/C28H24FNO5S/c29-21-8-10-22(11-9-21)30-26(18-6-12-23(13-7-18)35-15-25(32)33)27(28(30)34)36-16-24(31)20-5-4-17-2-1-3-19(17)14-20/h4-14,26-27H,1-3,15-16H2,(H,32,33). The van der Waals surface area contributed by atoms with Crippen molar-refractivity contribution in [2.45, 2.75) is 30.6 Å². The van der Waals surface area contributed by atoms with Crippen molar-refractivity contribution in [2.24, 2.45) is 0 Å². The van der Waals surface area contributed by atoms with Crippen LogP contribution in [0.2, 0.25) is 0 Å². The van der Waals surface area contributed by atoms with Crippen molar-refractivity contribution in [1.82, 2.24) is 0 Å². The molecule has 1 amide bonds. The number of benzene rings is 3. The molecule has 2 unspecified atom stereocenters. The number of fused-ring (bicyclic) bond motifs is 1. The van der Waals surface area contributed by atoms with E-state index in [1.54, 1.807) is 41.3 Å². The highest BCUT2D eigenvalue weighted by Gasteiger charge is 2.49. The lowest BCUT2D eigenvalue weighted by molar-refractivity contribution is -0.139. The first-order chi connectivity index (χ1) is 17.4. The van der Waals surface area contributed by atoms with Gasteiger partial charge in [-0.15, -0.1) is 11.8 Å². The number of anilines is 1. The fourth-order valence-corrected chi connectivity index (χ4v) is 5.95. The molecule has 2 atom stereocenters. The summed E-state index contributed by atoms with van der Waals surface area (Å²) in [6, 6.07) is 18.1.